The molecular formula is C14H19BrFN. The van der Waals surface area contributed by atoms with Gasteiger partial charge in [-0.1, -0.05) is 13.0 Å². The Bertz CT molecular complexity index is 376. The standard InChI is InChI=1S/C14H19BrFN/c1-2-7-17-14(11-4-5-11)9-10-3-6-13(16)12(15)8-10/h3,6,8,11,14,17H,2,4-5,7,9H2,1H3. The van der Waals surface area contributed by atoms with Crippen LogP contribution in [0.4, 0.5) is 4.39 Å². The van der Waals surface area contributed by atoms with Crippen molar-refractivity contribution < 1.29 is 4.39 Å². The Labute approximate surface area is 111 Å². The highest BCUT2D eigenvalue weighted by atomic mass is 79.9. The van der Waals surface area contributed by atoms with E-state index in [1.54, 1.807) is 6.07 Å². The number of halogens is 2. The maximum atomic E-state index is 13.1. The van der Waals surface area contributed by atoms with Crippen molar-refractivity contribution in [2.75, 3.05) is 6.54 Å². The minimum Gasteiger partial charge on any atom is -0.313 e. The number of hydrogen-bond acceptors (Lipinski definition) is 1. The Morgan fingerprint density at radius 1 is 1.47 bits per heavy atom. The molecule has 0 bridgehead atoms. The highest BCUT2D eigenvalue weighted by Crippen LogP contribution is 2.34. The second-order valence-electron chi connectivity index (χ2n) is 4.85. The van der Waals surface area contributed by atoms with E-state index >= 15 is 0 Å². The first-order valence-electron chi connectivity index (χ1n) is 6.38. The fourth-order valence-electron chi connectivity index (χ4n) is 2.15. The van der Waals surface area contributed by atoms with E-state index in [1.165, 1.54) is 18.4 Å². The van der Waals surface area contributed by atoms with Crippen molar-refractivity contribution in [1.82, 2.24) is 5.32 Å². The predicted molar refractivity (Wildman–Crippen MR) is 72.6 cm³/mol. The molecule has 1 aromatic carbocycles. The van der Waals surface area contributed by atoms with Crippen molar-refractivity contribution in [2.24, 2.45) is 5.92 Å². The van der Waals surface area contributed by atoms with Gasteiger partial charge < -0.3 is 5.32 Å². The van der Waals surface area contributed by atoms with Crippen LogP contribution in [0, 0.1) is 11.7 Å². The Balaban J connectivity index is 1.98. The van der Waals surface area contributed by atoms with E-state index in [9.17, 15) is 4.39 Å². The highest BCUT2D eigenvalue weighted by molar-refractivity contribution is 9.10. The van der Waals surface area contributed by atoms with E-state index in [0.717, 1.165) is 25.3 Å². The zero-order valence-electron chi connectivity index (χ0n) is 10.2. The van der Waals surface area contributed by atoms with Gasteiger partial charge in [-0.15, -0.1) is 0 Å². The van der Waals surface area contributed by atoms with Gasteiger partial charge in [0.25, 0.3) is 0 Å². The molecule has 2 rings (SSSR count). The molecule has 1 saturated carbocycles. The lowest BCUT2D eigenvalue weighted by atomic mass is 10.0. The van der Waals surface area contributed by atoms with Crippen LogP contribution in [0.15, 0.2) is 22.7 Å². The van der Waals surface area contributed by atoms with Gasteiger partial charge >= 0.3 is 0 Å². The third-order valence-corrected chi connectivity index (χ3v) is 3.89. The number of hydrogen-bond donors (Lipinski definition) is 1. The number of benzene rings is 1. The third-order valence-electron chi connectivity index (χ3n) is 3.29. The van der Waals surface area contributed by atoms with Crippen LogP contribution < -0.4 is 5.32 Å². The van der Waals surface area contributed by atoms with Gasteiger partial charge in [0.2, 0.25) is 0 Å². The van der Waals surface area contributed by atoms with Crippen molar-refractivity contribution in [1.29, 1.82) is 0 Å². The molecule has 1 nitrogen and oxygen atoms in total. The van der Waals surface area contributed by atoms with Crippen molar-refractivity contribution in [3.8, 4) is 0 Å². The zero-order valence-corrected chi connectivity index (χ0v) is 11.8. The van der Waals surface area contributed by atoms with Crippen LogP contribution in [-0.4, -0.2) is 12.6 Å². The summed E-state index contributed by atoms with van der Waals surface area (Å²) in [5.41, 5.74) is 1.21. The molecule has 0 spiro atoms. The van der Waals surface area contributed by atoms with E-state index in [-0.39, 0.29) is 5.82 Å². The van der Waals surface area contributed by atoms with Crippen LogP contribution in [0.3, 0.4) is 0 Å². The van der Waals surface area contributed by atoms with E-state index < -0.39 is 0 Å². The van der Waals surface area contributed by atoms with Crippen LogP contribution in [0.5, 0.6) is 0 Å². The lowest BCUT2D eigenvalue weighted by Crippen LogP contribution is -2.33. The molecule has 1 aliphatic carbocycles. The van der Waals surface area contributed by atoms with Crippen LogP contribution in [-0.2, 0) is 6.42 Å². The molecule has 0 saturated heterocycles. The average molecular weight is 300 g/mol. The summed E-state index contributed by atoms with van der Waals surface area (Å²) < 4.78 is 13.7. The Hall–Kier alpha value is -0.410. The molecule has 1 fully saturated rings. The van der Waals surface area contributed by atoms with Crippen molar-refractivity contribution in [2.45, 2.75) is 38.6 Å². The maximum absolute atomic E-state index is 13.1. The molecule has 1 aliphatic rings. The molecule has 0 heterocycles. The summed E-state index contributed by atoms with van der Waals surface area (Å²) in [5, 5.41) is 3.60. The van der Waals surface area contributed by atoms with Crippen LogP contribution >= 0.6 is 15.9 Å². The van der Waals surface area contributed by atoms with Crippen LogP contribution in [0.1, 0.15) is 31.7 Å². The van der Waals surface area contributed by atoms with Gasteiger partial charge in [-0.05, 0) is 71.8 Å². The Morgan fingerprint density at radius 3 is 2.82 bits per heavy atom. The third kappa shape index (κ3) is 3.78. The van der Waals surface area contributed by atoms with Crippen molar-refractivity contribution in [3.05, 3.63) is 34.1 Å². The molecule has 1 unspecified atom stereocenters. The molecule has 0 aromatic heterocycles. The summed E-state index contributed by atoms with van der Waals surface area (Å²) >= 11 is 3.25. The fourth-order valence-corrected chi connectivity index (χ4v) is 2.58. The predicted octanol–water partition coefficient (Wildman–Crippen LogP) is 3.91. The molecule has 0 aliphatic heterocycles. The minimum absolute atomic E-state index is 0.182. The van der Waals surface area contributed by atoms with Gasteiger partial charge in [0.15, 0.2) is 0 Å². The molecule has 94 valence electrons. The van der Waals surface area contributed by atoms with Gasteiger partial charge in [0.1, 0.15) is 5.82 Å². The van der Waals surface area contributed by atoms with E-state index in [1.807, 2.05) is 12.1 Å². The van der Waals surface area contributed by atoms with Crippen LogP contribution in [0.2, 0.25) is 0 Å². The topological polar surface area (TPSA) is 12.0 Å². The summed E-state index contributed by atoms with van der Waals surface area (Å²) in [7, 11) is 0. The lowest BCUT2D eigenvalue weighted by molar-refractivity contribution is 0.459. The highest BCUT2D eigenvalue weighted by Gasteiger charge is 2.30. The van der Waals surface area contributed by atoms with Crippen LogP contribution in [0.25, 0.3) is 0 Å². The van der Waals surface area contributed by atoms with Gasteiger partial charge in [-0.3, -0.25) is 0 Å². The van der Waals surface area contributed by atoms with Crippen molar-refractivity contribution in [3.63, 3.8) is 0 Å². The Morgan fingerprint density at radius 2 is 2.24 bits per heavy atom. The normalized spacial score (nSPS) is 17.1. The number of rotatable bonds is 6. The summed E-state index contributed by atoms with van der Waals surface area (Å²) in [5.74, 6) is 0.642. The second kappa shape index (κ2) is 5.96. The maximum Gasteiger partial charge on any atom is 0.137 e. The fraction of sp³-hybridized carbons (Fsp3) is 0.571. The van der Waals surface area contributed by atoms with Crippen molar-refractivity contribution >= 4 is 15.9 Å². The largest absolute Gasteiger partial charge is 0.313 e. The van der Waals surface area contributed by atoms with E-state index in [2.05, 4.69) is 28.2 Å². The molecule has 1 N–H and O–H groups in total. The summed E-state index contributed by atoms with van der Waals surface area (Å²) in [4.78, 5) is 0. The first-order valence-corrected chi connectivity index (χ1v) is 7.17. The quantitative estimate of drug-likeness (QED) is 0.840. The second-order valence-corrected chi connectivity index (χ2v) is 5.70. The zero-order chi connectivity index (χ0) is 12.3. The molecule has 17 heavy (non-hydrogen) atoms. The first-order chi connectivity index (χ1) is 8.20. The van der Waals surface area contributed by atoms with Gasteiger partial charge in [0.05, 0.1) is 4.47 Å². The summed E-state index contributed by atoms with van der Waals surface area (Å²) in [6.45, 7) is 3.26. The number of nitrogens with one attached hydrogen (secondary N) is 1. The Kier molecular flexibility index (Phi) is 4.57. The first kappa shape index (κ1) is 13.0. The monoisotopic (exact) mass is 299 g/mol. The molecule has 0 amide bonds. The lowest BCUT2D eigenvalue weighted by Gasteiger charge is -2.18. The molecule has 1 atom stereocenters. The van der Waals surface area contributed by atoms with Gasteiger partial charge in [-0.25, -0.2) is 4.39 Å². The van der Waals surface area contributed by atoms with E-state index in [4.69, 9.17) is 0 Å². The minimum atomic E-state index is -0.182. The van der Waals surface area contributed by atoms with Gasteiger partial charge in [0, 0.05) is 6.04 Å². The SMILES string of the molecule is CCCNC(Cc1ccc(F)c(Br)c1)C1CC1. The average Bonchev–Trinajstić information content (AvgIpc) is 3.13. The van der Waals surface area contributed by atoms with Gasteiger partial charge in [-0.2, -0.15) is 0 Å². The molecule has 0 radical (unpaired) electrons. The molecule has 3 heteroatoms. The summed E-state index contributed by atoms with van der Waals surface area (Å²) in [6, 6.07) is 5.90. The smallest absolute Gasteiger partial charge is 0.137 e. The molecular weight excluding hydrogens is 281 g/mol. The van der Waals surface area contributed by atoms with E-state index in [0.29, 0.717) is 10.5 Å². The summed E-state index contributed by atoms with van der Waals surface area (Å²) in [6.07, 6.45) is 4.84. The molecule has 1 aromatic rings.